The number of para-hydroxylation sites is 1. The SMILES string of the molecule is ON1C=CN=c2ccccc2=C1. The van der Waals surface area contributed by atoms with Gasteiger partial charge in [-0.3, -0.25) is 10.2 Å². The largest absolute Gasteiger partial charge is 0.285 e. The first-order valence-electron chi connectivity index (χ1n) is 3.65. The van der Waals surface area contributed by atoms with E-state index in [1.54, 1.807) is 12.4 Å². The summed E-state index contributed by atoms with van der Waals surface area (Å²) in [6, 6.07) is 7.62. The summed E-state index contributed by atoms with van der Waals surface area (Å²) in [5, 5.41) is 11.9. The lowest BCUT2D eigenvalue weighted by molar-refractivity contribution is 0.0320. The summed E-state index contributed by atoms with van der Waals surface area (Å²) in [7, 11) is 0. The maximum absolute atomic E-state index is 9.17. The van der Waals surface area contributed by atoms with Crippen molar-refractivity contribution in [1.82, 2.24) is 5.06 Å². The van der Waals surface area contributed by atoms with E-state index in [0.717, 1.165) is 15.6 Å². The second-order valence-corrected chi connectivity index (χ2v) is 2.50. The third-order valence-corrected chi connectivity index (χ3v) is 1.64. The van der Waals surface area contributed by atoms with E-state index in [4.69, 9.17) is 5.21 Å². The summed E-state index contributed by atoms with van der Waals surface area (Å²) < 4.78 is 0. The van der Waals surface area contributed by atoms with Gasteiger partial charge in [0, 0.05) is 17.6 Å². The zero-order valence-corrected chi connectivity index (χ0v) is 6.38. The minimum Gasteiger partial charge on any atom is -0.285 e. The van der Waals surface area contributed by atoms with Gasteiger partial charge in [0.25, 0.3) is 0 Å². The van der Waals surface area contributed by atoms with E-state index < -0.39 is 0 Å². The molecule has 3 heteroatoms. The van der Waals surface area contributed by atoms with Crippen LogP contribution < -0.4 is 10.6 Å². The van der Waals surface area contributed by atoms with E-state index in [0.29, 0.717) is 0 Å². The molecular formula is C9H8N2O. The van der Waals surface area contributed by atoms with Gasteiger partial charge < -0.3 is 0 Å². The van der Waals surface area contributed by atoms with Crippen LogP contribution in [0.3, 0.4) is 0 Å². The molecule has 0 fully saturated rings. The molecule has 12 heavy (non-hydrogen) atoms. The van der Waals surface area contributed by atoms with E-state index in [1.165, 1.54) is 6.20 Å². The van der Waals surface area contributed by atoms with Crippen LogP contribution in [0.25, 0.3) is 6.20 Å². The summed E-state index contributed by atoms with van der Waals surface area (Å²) >= 11 is 0. The Morgan fingerprint density at radius 2 is 2.08 bits per heavy atom. The van der Waals surface area contributed by atoms with E-state index >= 15 is 0 Å². The zero-order chi connectivity index (χ0) is 8.39. The van der Waals surface area contributed by atoms with Crippen molar-refractivity contribution in [1.29, 1.82) is 0 Å². The summed E-state index contributed by atoms with van der Waals surface area (Å²) in [6.45, 7) is 0. The topological polar surface area (TPSA) is 35.8 Å². The predicted molar refractivity (Wildman–Crippen MR) is 44.5 cm³/mol. The molecule has 0 saturated carbocycles. The number of nitrogens with zero attached hydrogens (tertiary/aromatic N) is 2. The molecule has 1 aliphatic heterocycles. The normalized spacial score (nSPS) is 14.2. The van der Waals surface area contributed by atoms with Gasteiger partial charge in [-0.1, -0.05) is 18.2 Å². The lowest BCUT2D eigenvalue weighted by Gasteiger charge is -2.00. The Bertz CT molecular complexity index is 422. The number of hydroxylamine groups is 2. The van der Waals surface area contributed by atoms with Gasteiger partial charge in [0.15, 0.2) is 0 Å². The Kier molecular flexibility index (Phi) is 1.64. The van der Waals surface area contributed by atoms with E-state index in [1.807, 2.05) is 24.3 Å². The molecule has 0 spiro atoms. The average molecular weight is 160 g/mol. The van der Waals surface area contributed by atoms with E-state index in [9.17, 15) is 0 Å². The first-order valence-corrected chi connectivity index (χ1v) is 3.65. The monoisotopic (exact) mass is 160 g/mol. The summed E-state index contributed by atoms with van der Waals surface area (Å²) in [6.07, 6.45) is 4.66. The third kappa shape index (κ3) is 1.22. The number of benzene rings is 1. The van der Waals surface area contributed by atoms with Crippen LogP contribution >= 0.6 is 0 Å². The number of rotatable bonds is 0. The molecule has 0 atom stereocenters. The van der Waals surface area contributed by atoms with Crippen LogP contribution in [0.2, 0.25) is 0 Å². The standard InChI is InChI=1S/C9H8N2O/c12-11-6-5-10-9-4-2-1-3-8(9)7-11/h1-7,12H. The van der Waals surface area contributed by atoms with Crippen LogP contribution in [0.4, 0.5) is 0 Å². The fraction of sp³-hybridized carbons (Fsp3) is 0. The molecule has 0 aliphatic carbocycles. The molecule has 1 heterocycles. The molecule has 0 bridgehead atoms. The van der Waals surface area contributed by atoms with Crippen molar-refractivity contribution in [3.8, 4) is 0 Å². The van der Waals surface area contributed by atoms with Crippen molar-refractivity contribution < 1.29 is 5.21 Å². The van der Waals surface area contributed by atoms with Gasteiger partial charge in [-0.05, 0) is 6.07 Å². The fourth-order valence-corrected chi connectivity index (χ4v) is 1.08. The van der Waals surface area contributed by atoms with Crippen LogP contribution in [-0.4, -0.2) is 10.3 Å². The van der Waals surface area contributed by atoms with Crippen LogP contribution in [-0.2, 0) is 0 Å². The summed E-state index contributed by atoms with van der Waals surface area (Å²) in [5.41, 5.74) is 0. The van der Waals surface area contributed by atoms with Crippen LogP contribution in [0.1, 0.15) is 0 Å². The Morgan fingerprint density at radius 3 is 3.00 bits per heavy atom. The Labute approximate surface area is 69.5 Å². The lowest BCUT2D eigenvalue weighted by Crippen LogP contribution is -2.25. The van der Waals surface area contributed by atoms with Gasteiger partial charge in [0.05, 0.1) is 11.6 Å². The van der Waals surface area contributed by atoms with Gasteiger partial charge in [0.2, 0.25) is 0 Å². The highest BCUT2D eigenvalue weighted by Gasteiger charge is 1.91. The molecule has 0 radical (unpaired) electrons. The van der Waals surface area contributed by atoms with Gasteiger partial charge in [-0.25, -0.2) is 5.06 Å². The maximum Gasteiger partial charge on any atom is 0.0718 e. The van der Waals surface area contributed by atoms with Crippen molar-refractivity contribution in [2.24, 2.45) is 4.99 Å². The van der Waals surface area contributed by atoms with Crippen LogP contribution in [0, 0.1) is 0 Å². The highest BCUT2D eigenvalue weighted by Crippen LogP contribution is 1.87. The average Bonchev–Trinajstić information content (AvgIpc) is 2.25. The van der Waals surface area contributed by atoms with Crippen LogP contribution in [0.5, 0.6) is 0 Å². The van der Waals surface area contributed by atoms with Gasteiger partial charge in [-0.2, -0.15) is 0 Å². The maximum atomic E-state index is 9.17. The first-order chi connectivity index (χ1) is 5.86. The smallest absolute Gasteiger partial charge is 0.0718 e. The Balaban J connectivity index is 2.75. The van der Waals surface area contributed by atoms with E-state index in [-0.39, 0.29) is 0 Å². The first kappa shape index (κ1) is 7.06. The van der Waals surface area contributed by atoms with Crippen molar-refractivity contribution in [2.75, 3.05) is 0 Å². The molecule has 1 aromatic rings. The molecule has 0 amide bonds. The number of fused-ring (bicyclic) bond motifs is 1. The highest BCUT2D eigenvalue weighted by atomic mass is 16.5. The van der Waals surface area contributed by atoms with Gasteiger partial charge in [0.1, 0.15) is 0 Å². The van der Waals surface area contributed by atoms with E-state index in [2.05, 4.69) is 4.99 Å². The quantitative estimate of drug-likeness (QED) is 0.589. The fourth-order valence-electron chi connectivity index (χ4n) is 1.08. The molecular weight excluding hydrogens is 152 g/mol. The van der Waals surface area contributed by atoms with Crippen molar-refractivity contribution in [2.45, 2.75) is 0 Å². The molecule has 1 aliphatic rings. The summed E-state index contributed by atoms with van der Waals surface area (Å²) in [4.78, 5) is 4.12. The number of hydrogen-bond acceptors (Lipinski definition) is 3. The van der Waals surface area contributed by atoms with Crippen molar-refractivity contribution in [3.63, 3.8) is 0 Å². The zero-order valence-electron chi connectivity index (χ0n) is 6.38. The van der Waals surface area contributed by atoms with Gasteiger partial charge >= 0.3 is 0 Å². The lowest BCUT2D eigenvalue weighted by atomic mass is 10.3. The molecule has 2 rings (SSSR count). The van der Waals surface area contributed by atoms with Gasteiger partial charge in [-0.15, -0.1) is 0 Å². The molecule has 0 aromatic heterocycles. The minimum absolute atomic E-state index is 0.866. The molecule has 0 saturated heterocycles. The number of hydrogen-bond donors (Lipinski definition) is 1. The Morgan fingerprint density at radius 1 is 1.25 bits per heavy atom. The minimum atomic E-state index is 0.866. The van der Waals surface area contributed by atoms with Crippen molar-refractivity contribution in [3.05, 3.63) is 47.2 Å². The second kappa shape index (κ2) is 2.79. The third-order valence-electron chi connectivity index (χ3n) is 1.64. The molecule has 60 valence electrons. The second-order valence-electron chi connectivity index (χ2n) is 2.50. The van der Waals surface area contributed by atoms with Crippen molar-refractivity contribution >= 4 is 6.20 Å². The Hall–Kier alpha value is -1.61. The molecule has 1 aromatic carbocycles. The molecule has 0 unspecified atom stereocenters. The predicted octanol–water partition coefficient (Wildman–Crippen LogP) is 0.220. The highest BCUT2D eigenvalue weighted by molar-refractivity contribution is 5.23. The molecule has 3 nitrogen and oxygen atoms in total. The molecule has 1 N–H and O–H groups in total. The summed E-state index contributed by atoms with van der Waals surface area (Å²) in [5.74, 6) is 0. The van der Waals surface area contributed by atoms with Crippen LogP contribution in [0.15, 0.2) is 41.7 Å².